The lowest BCUT2D eigenvalue weighted by Crippen LogP contribution is -2.56. The van der Waals surface area contributed by atoms with Gasteiger partial charge in [0.1, 0.15) is 12.1 Å². The SMILES string of the molecule is CSCC[C@H](N)C(=O)N[C@H](C(=O)N[C@@H](CS)C(=O)O)C(C)C. The lowest BCUT2D eigenvalue weighted by molar-refractivity contribution is -0.141. The summed E-state index contributed by atoms with van der Waals surface area (Å²) in [5.74, 6) is -1.64. The van der Waals surface area contributed by atoms with Crippen molar-refractivity contribution in [3.63, 3.8) is 0 Å². The Morgan fingerprint density at radius 3 is 2.23 bits per heavy atom. The van der Waals surface area contributed by atoms with Crippen molar-refractivity contribution in [2.45, 2.75) is 38.4 Å². The van der Waals surface area contributed by atoms with Crippen LogP contribution in [0.15, 0.2) is 0 Å². The zero-order valence-electron chi connectivity index (χ0n) is 13.0. The van der Waals surface area contributed by atoms with Crippen LogP contribution >= 0.6 is 24.4 Å². The highest BCUT2D eigenvalue weighted by Crippen LogP contribution is 2.05. The number of hydrogen-bond donors (Lipinski definition) is 5. The van der Waals surface area contributed by atoms with Crippen molar-refractivity contribution in [1.29, 1.82) is 0 Å². The minimum absolute atomic E-state index is 0.0347. The van der Waals surface area contributed by atoms with Gasteiger partial charge in [-0.2, -0.15) is 24.4 Å². The highest BCUT2D eigenvalue weighted by molar-refractivity contribution is 7.98. The van der Waals surface area contributed by atoms with Gasteiger partial charge in [-0.1, -0.05) is 13.8 Å². The summed E-state index contributed by atoms with van der Waals surface area (Å²) in [4.78, 5) is 35.1. The van der Waals surface area contributed by atoms with Gasteiger partial charge in [0, 0.05) is 5.75 Å². The van der Waals surface area contributed by atoms with Crippen LogP contribution in [0.1, 0.15) is 20.3 Å². The van der Waals surface area contributed by atoms with Crippen LogP contribution < -0.4 is 16.4 Å². The number of carbonyl (C=O) groups is 3. The molecule has 0 rings (SSSR count). The minimum atomic E-state index is -1.17. The summed E-state index contributed by atoms with van der Waals surface area (Å²) in [5, 5.41) is 13.9. The molecule has 128 valence electrons. The maximum atomic E-state index is 12.2. The lowest BCUT2D eigenvalue weighted by atomic mass is 10.0. The van der Waals surface area contributed by atoms with Crippen molar-refractivity contribution in [2.24, 2.45) is 11.7 Å². The van der Waals surface area contributed by atoms with Crippen molar-refractivity contribution in [2.75, 3.05) is 17.8 Å². The molecule has 7 nitrogen and oxygen atoms in total. The highest BCUT2D eigenvalue weighted by atomic mass is 32.2. The summed E-state index contributed by atoms with van der Waals surface area (Å²) in [6.07, 6.45) is 2.42. The molecular formula is C13H25N3O4S2. The Kier molecular flexibility index (Phi) is 10.3. The summed E-state index contributed by atoms with van der Waals surface area (Å²) in [6, 6.07) is -2.63. The fraction of sp³-hybridized carbons (Fsp3) is 0.769. The van der Waals surface area contributed by atoms with Crippen LogP contribution in [0.3, 0.4) is 0 Å². The van der Waals surface area contributed by atoms with E-state index in [1.54, 1.807) is 25.6 Å². The Bertz CT molecular complexity index is 393. The third kappa shape index (κ3) is 7.37. The van der Waals surface area contributed by atoms with Gasteiger partial charge in [-0.15, -0.1) is 0 Å². The lowest BCUT2D eigenvalue weighted by Gasteiger charge is -2.24. The molecule has 0 heterocycles. The summed E-state index contributed by atoms with van der Waals surface area (Å²) in [7, 11) is 0. The molecular weight excluding hydrogens is 326 g/mol. The summed E-state index contributed by atoms with van der Waals surface area (Å²) in [6.45, 7) is 3.52. The third-order valence-corrected chi connectivity index (χ3v) is 4.02. The van der Waals surface area contributed by atoms with Crippen molar-refractivity contribution < 1.29 is 19.5 Å². The largest absolute Gasteiger partial charge is 0.480 e. The van der Waals surface area contributed by atoms with Gasteiger partial charge in [-0.05, 0) is 24.3 Å². The van der Waals surface area contributed by atoms with E-state index >= 15 is 0 Å². The van der Waals surface area contributed by atoms with Crippen LogP contribution in [0.25, 0.3) is 0 Å². The van der Waals surface area contributed by atoms with E-state index in [4.69, 9.17) is 10.8 Å². The van der Waals surface area contributed by atoms with Crippen molar-refractivity contribution in [3.05, 3.63) is 0 Å². The molecule has 3 atom stereocenters. The Labute approximate surface area is 140 Å². The predicted octanol–water partition coefficient (Wildman–Crippen LogP) is -0.293. The normalized spacial score (nSPS) is 15.0. The second kappa shape index (κ2) is 10.7. The number of nitrogens with two attached hydrogens (primary N) is 1. The smallest absolute Gasteiger partial charge is 0.327 e. The van der Waals surface area contributed by atoms with Crippen molar-refractivity contribution >= 4 is 42.2 Å². The van der Waals surface area contributed by atoms with Gasteiger partial charge in [0.05, 0.1) is 6.04 Å². The van der Waals surface area contributed by atoms with E-state index in [9.17, 15) is 14.4 Å². The van der Waals surface area contributed by atoms with E-state index in [1.807, 2.05) is 6.26 Å². The number of amides is 2. The molecule has 0 aliphatic heterocycles. The Hall–Kier alpha value is -0.930. The maximum Gasteiger partial charge on any atom is 0.327 e. The molecule has 0 aromatic rings. The van der Waals surface area contributed by atoms with E-state index in [-0.39, 0.29) is 11.7 Å². The first-order chi connectivity index (χ1) is 10.2. The van der Waals surface area contributed by atoms with Gasteiger partial charge in [0.15, 0.2) is 0 Å². The molecule has 0 radical (unpaired) electrons. The van der Waals surface area contributed by atoms with Crippen LogP contribution in [0.2, 0.25) is 0 Å². The summed E-state index contributed by atoms with van der Waals surface area (Å²) >= 11 is 5.47. The number of carboxylic acids is 1. The number of hydrogen-bond acceptors (Lipinski definition) is 6. The molecule has 5 N–H and O–H groups in total. The number of thioether (sulfide) groups is 1. The van der Waals surface area contributed by atoms with E-state index in [0.29, 0.717) is 6.42 Å². The Morgan fingerprint density at radius 1 is 1.23 bits per heavy atom. The average Bonchev–Trinajstić information content (AvgIpc) is 2.46. The number of carboxylic acid groups (broad SMARTS) is 1. The van der Waals surface area contributed by atoms with E-state index < -0.39 is 35.9 Å². The predicted molar refractivity (Wildman–Crippen MR) is 91.2 cm³/mol. The van der Waals surface area contributed by atoms with Gasteiger partial charge < -0.3 is 21.5 Å². The minimum Gasteiger partial charge on any atom is -0.480 e. The van der Waals surface area contributed by atoms with Crippen LogP contribution in [0, 0.1) is 5.92 Å². The Morgan fingerprint density at radius 2 is 1.82 bits per heavy atom. The molecule has 0 saturated heterocycles. The first-order valence-electron chi connectivity index (χ1n) is 6.93. The zero-order valence-corrected chi connectivity index (χ0v) is 14.7. The summed E-state index contributed by atoms with van der Waals surface area (Å²) < 4.78 is 0. The van der Waals surface area contributed by atoms with E-state index in [0.717, 1.165) is 5.75 Å². The average molecular weight is 351 g/mol. The van der Waals surface area contributed by atoms with Gasteiger partial charge in [0.2, 0.25) is 11.8 Å². The molecule has 2 amide bonds. The van der Waals surface area contributed by atoms with Crippen molar-refractivity contribution in [3.8, 4) is 0 Å². The fourth-order valence-electron chi connectivity index (χ4n) is 1.62. The molecule has 0 saturated carbocycles. The second-order valence-electron chi connectivity index (χ2n) is 5.20. The number of carbonyl (C=O) groups excluding carboxylic acids is 2. The molecule has 0 unspecified atom stereocenters. The quantitative estimate of drug-likeness (QED) is 0.345. The maximum absolute atomic E-state index is 12.2. The molecule has 0 bridgehead atoms. The Balaban J connectivity index is 4.75. The zero-order chi connectivity index (χ0) is 17.3. The van der Waals surface area contributed by atoms with Crippen LogP contribution in [-0.4, -0.2) is 58.8 Å². The van der Waals surface area contributed by atoms with Gasteiger partial charge in [-0.25, -0.2) is 4.79 Å². The molecule has 22 heavy (non-hydrogen) atoms. The van der Waals surface area contributed by atoms with Gasteiger partial charge >= 0.3 is 5.97 Å². The molecule has 0 aromatic carbocycles. The molecule has 0 spiro atoms. The fourth-order valence-corrected chi connectivity index (χ4v) is 2.36. The molecule has 0 fully saturated rings. The van der Waals surface area contributed by atoms with Crippen LogP contribution in [-0.2, 0) is 14.4 Å². The highest BCUT2D eigenvalue weighted by Gasteiger charge is 2.29. The first kappa shape index (κ1) is 21.1. The number of aliphatic carboxylic acids is 1. The monoisotopic (exact) mass is 351 g/mol. The van der Waals surface area contributed by atoms with Gasteiger partial charge in [0.25, 0.3) is 0 Å². The number of rotatable bonds is 10. The van der Waals surface area contributed by atoms with Crippen molar-refractivity contribution in [1.82, 2.24) is 10.6 Å². The van der Waals surface area contributed by atoms with Gasteiger partial charge in [-0.3, -0.25) is 9.59 Å². The van der Waals surface area contributed by atoms with Crippen LogP contribution in [0.5, 0.6) is 0 Å². The third-order valence-electron chi connectivity index (χ3n) is 3.01. The number of thiol groups is 1. The second-order valence-corrected chi connectivity index (χ2v) is 6.55. The summed E-state index contributed by atoms with van der Waals surface area (Å²) in [5.41, 5.74) is 5.76. The molecule has 0 aliphatic carbocycles. The topological polar surface area (TPSA) is 122 Å². The van der Waals surface area contributed by atoms with E-state index in [1.165, 1.54) is 0 Å². The molecule has 0 aliphatic rings. The van der Waals surface area contributed by atoms with Crippen LogP contribution in [0.4, 0.5) is 0 Å². The van der Waals surface area contributed by atoms with E-state index in [2.05, 4.69) is 23.3 Å². The first-order valence-corrected chi connectivity index (χ1v) is 8.96. The number of nitrogens with one attached hydrogen (secondary N) is 2. The standard InChI is InChI=1S/C13H25N3O4S2/c1-7(2)10(12(18)15-9(6-21)13(19)20)16-11(17)8(14)4-5-22-3/h7-10,21H,4-6,14H2,1-3H3,(H,15,18)(H,16,17)(H,19,20)/t8-,9-,10-/m0/s1. The molecule has 9 heteroatoms. The molecule has 0 aromatic heterocycles.